The van der Waals surface area contributed by atoms with Crippen molar-refractivity contribution in [1.82, 2.24) is 29.3 Å². The van der Waals surface area contributed by atoms with E-state index in [1.54, 1.807) is 21.8 Å². The van der Waals surface area contributed by atoms with Gasteiger partial charge < -0.3 is 9.64 Å². The van der Waals surface area contributed by atoms with E-state index in [9.17, 15) is 10.1 Å². The van der Waals surface area contributed by atoms with Gasteiger partial charge in [-0.2, -0.15) is 15.5 Å². The van der Waals surface area contributed by atoms with Crippen LogP contribution in [0.4, 0.5) is 4.79 Å². The number of amides is 1. The minimum Gasteiger partial charge on any atom is -0.444 e. The Balaban J connectivity index is 1.43. The van der Waals surface area contributed by atoms with Gasteiger partial charge in [0, 0.05) is 47.7 Å². The summed E-state index contributed by atoms with van der Waals surface area (Å²) in [6, 6.07) is 10.1. The van der Waals surface area contributed by atoms with E-state index < -0.39 is 5.60 Å². The van der Waals surface area contributed by atoms with Gasteiger partial charge in [-0.1, -0.05) is 17.8 Å². The van der Waals surface area contributed by atoms with E-state index in [2.05, 4.69) is 21.3 Å². The van der Waals surface area contributed by atoms with Crippen LogP contribution >= 0.6 is 11.8 Å². The molecule has 10 heteroatoms. The van der Waals surface area contributed by atoms with Crippen LogP contribution in [0.1, 0.15) is 45.2 Å². The fraction of sp³-hybridized carbons (Fsp3) is 0.346. The van der Waals surface area contributed by atoms with E-state index in [-0.39, 0.29) is 12.1 Å². The summed E-state index contributed by atoms with van der Waals surface area (Å²) in [4.78, 5) is 19.7. The number of rotatable bonds is 4. The van der Waals surface area contributed by atoms with Gasteiger partial charge in [-0.15, -0.1) is 0 Å². The van der Waals surface area contributed by atoms with Crippen molar-refractivity contribution in [3.05, 3.63) is 60.8 Å². The number of piperidine rings is 1. The first-order valence-corrected chi connectivity index (χ1v) is 12.7. The molecular weight excluding hydrogens is 474 g/mol. The first-order valence-electron chi connectivity index (χ1n) is 11.8. The molecular formula is C26H27N7O2S. The van der Waals surface area contributed by atoms with Crippen LogP contribution in [0.2, 0.25) is 0 Å². The van der Waals surface area contributed by atoms with Gasteiger partial charge in [0.15, 0.2) is 0 Å². The monoisotopic (exact) mass is 501 g/mol. The fourth-order valence-electron chi connectivity index (χ4n) is 4.27. The summed E-state index contributed by atoms with van der Waals surface area (Å²) in [6.07, 6.45) is 10.6. The highest BCUT2D eigenvalue weighted by molar-refractivity contribution is 7.99. The van der Waals surface area contributed by atoms with Crippen molar-refractivity contribution in [2.24, 2.45) is 0 Å². The standard InChI is InChI=1S/C26H27N7O2S/c1-26(2,3)35-25(34)31-10-6-7-21(17-31)32-16-20(14-29-32)18-11-22(36-23-8-4-5-9-28-23)24-19(12-27)13-30-33(24)15-18/h4-5,8-9,11,13-16,21H,6-7,10,17H2,1-3H3/t21-/m1/s1. The Labute approximate surface area is 213 Å². The molecule has 5 rings (SSSR count). The molecule has 1 atom stereocenters. The Morgan fingerprint density at radius 2 is 2.06 bits per heavy atom. The zero-order valence-electron chi connectivity index (χ0n) is 20.5. The molecule has 0 radical (unpaired) electrons. The van der Waals surface area contributed by atoms with Crippen molar-refractivity contribution < 1.29 is 9.53 Å². The molecule has 36 heavy (non-hydrogen) atoms. The molecule has 184 valence electrons. The predicted molar refractivity (Wildman–Crippen MR) is 136 cm³/mol. The molecule has 4 aromatic heterocycles. The summed E-state index contributed by atoms with van der Waals surface area (Å²) in [5.74, 6) is 0. The molecule has 0 N–H and O–H groups in total. The van der Waals surface area contributed by atoms with Crippen LogP contribution in [0.3, 0.4) is 0 Å². The third kappa shape index (κ3) is 5.06. The van der Waals surface area contributed by atoms with Crippen LogP contribution in [0.25, 0.3) is 16.6 Å². The summed E-state index contributed by atoms with van der Waals surface area (Å²) in [7, 11) is 0. The summed E-state index contributed by atoms with van der Waals surface area (Å²) >= 11 is 1.49. The maximum absolute atomic E-state index is 12.6. The lowest BCUT2D eigenvalue weighted by Crippen LogP contribution is -2.43. The number of hydrogen-bond donors (Lipinski definition) is 0. The first kappa shape index (κ1) is 23.9. The van der Waals surface area contributed by atoms with Crippen molar-refractivity contribution in [1.29, 1.82) is 5.26 Å². The molecule has 0 unspecified atom stereocenters. The third-order valence-electron chi connectivity index (χ3n) is 5.91. The topological polar surface area (TPSA) is 101 Å². The van der Waals surface area contributed by atoms with Gasteiger partial charge in [0.1, 0.15) is 16.7 Å². The second-order valence-electron chi connectivity index (χ2n) is 9.76. The van der Waals surface area contributed by atoms with Gasteiger partial charge in [0.25, 0.3) is 0 Å². The van der Waals surface area contributed by atoms with Crippen molar-refractivity contribution >= 4 is 23.4 Å². The highest BCUT2D eigenvalue weighted by atomic mass is 32.2. The molecule has 1 aliphatic heterocycles. The maximum atomic E-state index is 12.6. The molecule has 1 aliphatic rings. The van der Waals surface area contributed by atoms with E-state index >= 15 is 0 Å². The minimum absolute atomic E-state index is 0.0704. The summed E-state index contributed by atoms with van der Waals surface area (Å²) < 4.78 is 9.24. The van der Waals surface area contributed by atoms with Gasteiger partial charge in [-0.25, -0.2) is 14.3 Å². The van der Waals surface area contributed by atoms with E-state index in [1.807, 2.05) is 68.3 Å². The number of carbonyl (C=O) groups excluding carboxylic acids is 1. The SMILES string of the molecule is CC(C)(C)OC(=O)N1CCC[C@@H](n2cc(-c3cc(Sc4ccccn4)c4c(C#N)cnn4c3)cn2)C1. The predicted octanol–water partition coefficient (Wildman–Crippen LogP) is 5.19. The van der Waals surface area contributed by atoms with Gasteiger partial charge in [-0.3, -0.25) is 4.68 Å². The zero-order valence-corrected chi connectivity index (χ0v) is 21.3. The summed E-state index contributed by atoms with van der Waals surface area (Å²) in [5, 5.41) is 19.5. The number of likely N-dealkylation sites (tertiary alicyclic amines) is 1. The Morgan fingerprint density at radius 1 is 1.19 bits per heavy atom. The van der Waals surface area contributed by atoms with E-state index in [0.717, 1.165) is 39.4 Å². The number of hydrogen-bond acceptors (Lipinski definition) is 7. The van der Waals surface area contributed by atoms with E-state index in [1.165, 1.54) is 11.8 Å². The molecule has 0 bridgehead atoms. The molecule has 0 aromatic carbocycles. The largest absolute Gasteiger partial charge is 0.444 e. The number of nitriles is 1. The molecule has 9 nitrogen and oxygen atoms in total. The highest BCUT2D eigenvalue weighted by Gasteiger charge is 2.29. The average molecular weight is 502 g/mol. The van der Waals surface area contributed by atoms with Gasteiger partial charge in [-0.05, 0) is 51.8 Å². The molecule has 0 spiro atoms. The second-order valence-corrected chi connectivity index (χ2v) is 10.8. The maximum Gasteiger partial charge on any atom is 0.410 e. The molecule has 1 amide bonds. The molecule has 1 fully saturated rings. The third-order valence-corrected chi connectivity index (χ3v) is 6.89. The quantitative estimate of drug-likeness (QED) is 0.379. The van der Waals surface area contributed by atoms with E-state index in [0.29, 0.717) is 18.7 Å². The lowest BCUT2D eigenvalue weighted by Gasteiger charge is -2.34. The van der Waals surface area contributed by atoms with Crippen molar-refractivity contribution in [2.45, 2.75) is 55.2 Å². The lowest BCUT2D eigenvalue weighted by atomic mass is 10.1. The minimum atomic E-state index is -0.523. The van der Waals surface area contributed by atoms with Crippen LogP contribution in [-0.2, 0) is 4.74 Å². The van der Waals surface area contributed by atoms with Crippen molar-refractivity contribution in [3.8, 4) is 17.2 Å². The van der Waals surface area contributed by atoms with Crippen molar-refractivity contribution in [2.75, 3.05) is 13.1 Å². The number of carbonyl (C=O) groups is 1. The van der Waals surface area contributed by atoms with Crippen molar-refractivity contribution in [3.63, 3.8) is 0 Å². The van der Waals surface area contributed by atoms with Crippen LogP contribution in [0.5, 0.6) is 0 Å². The Morgan fingerprint density at radius 3 is 2.81 bits per heavy atom. The lowest BCUT2D eigenvalue weighted by molar-refractivity contribution is 0.0167. The molecule has 0 saturated carbocycles. The van der Waals surface area contributed by atoms with Gasteiger partial charge in [0.2, 0.25) is 0 Å². The Bertz CT molecular complexity index is 1430. The molecule has 0 aliphatic carbocycles. The smallest absolute Gasteiger partial charge is 0.410 e. The first-order chi connectivity index (χ1) is 17.3. The van der Waals surface area contributed by atoms with Crippen LogP contribution in [0.15, 0.2) is 65.2 Å². The summed E-state index contributed by atoms with van der Waals surface area (Å²) in [5.41, 5.74) is 2.61. The Hall–Kier alpha value is -3.84. The zero-order chi connectivity index (χ0) is 25.3. The van der Waals surface area contributed by atoms with Crippen LogP contribution < -0.4 is 0 Å². The van der Waals surface area contributed by atoms with E-state index in [4.69, 9.17) is 4.74 Å². The molecule has 1 saturated heterocycles. The highest BCUT2D eigenvalue weighted by Crippen LogP contribution is 2.35. The number of fused-ring (bicyclic) bond motifs is 1. The molecule has 5 heterocycles. The normalized spacial score (nSPS) is 16.2. The average Bonchev–Trinajstić information content (AvgIpc) is 3.51. The van der Waals surface area contributed by atoms with Gasteiger partial charge >= 0.3 is 6.09 Å². The second kappa shape index (κ2) is 9.66. The number of nitrogens with zero attached hydrogens (tertiary/aromatic N) is 7. The Kier molecular flexibility index (Phi) is 6.41. The number of aromatic nitrogens is 5. The number of ether oxygens (including phenoxy) is 1. The van der Waals surface area contributed by atoms with Gasteiger partial charge in [0.05, 0.1) is 29.5 Å². The summed E-state index contributed by atoms with van der Waals surface area (Å²) in [6.45, 7) is 6.87. The van der Waals surface area contributed by atoms with Crippen LogP contribution in [-0.4, -0.2) is 54.1 Å². The molecule has 4 aromatic rings. The fourth-order valence-corrected chi connectivity index (χ4v) is 5.24. The van der Waals surface area contributed by atoms with Crippen LogP contribution in [0, 0.1) is 11.3 Å². The number of pyridine rings is 2.